The lowest BCUT2D eigenvalue weighted by atomic mass is 9.82. The van der Waals surface area contributed by atoms with Crippen molar-refractivity contribution in [3.05, 3.63) is 23.8 Å². The number of benzene rings is 1. The first-order chi connectivity index (χ1) is 10.1. The molecule has 1 aromatic rings. The number of hydrogen-bond donors (Lipinski definition) is 2. The second kappa shape index (κ2) is 6.80. The summed E-state index contributed by atoms with van der Waals surface area (Å²) in [7, 11) is 0. The van der Waals surface area contributed by atoms with Crippen LogP contribution in [-0.2, 0) is 9.47 Å². The number of rotatable bonds is 5. The first kappa shape index (κ1) is 15.6. The fraction of sp³-hybridized carbons (Fsp3) is 0.562. The van der Waals surface area contributed by atoms with Crippen LogP contribution in [0, 0.1) is 5.41 Å². The topological polar surface area (TPSA) is 73.6 Å². The highest BCUT2D eigenvalue weighted by atomic mass is 16.5. The van der Waals surface area contributed by atoms with Gasteiger partial charge in [0.1, 0.15) is 0 Å². The summed E-state index contributed by atoms with van der Waals surface area (Å²) in [6.07, 6.45) is 2.00. The number of carbonyl (C=O) groups excluding carboxylic acids is 1. The molecule has 1 saturated heterocycles. The van der Waals surface area contributed by atoms with Gasteiger partial charge in [0, 0.05) is 19.8 Å². The van der Waals surface area contributed by atoms with Crippen LogP contribution in [0.2, 0.25) is 0 Å². The molecule has 0 aromatic heterocycles. The standard InChI is InChI=1S/C16H24N2O3/c1-3-21-15(19)12-5-4-6-13(17)14(12)18-11-16(2)7-9-20-10-8-16/h4-6,18H,3,7-11,17H2,1-2H3. The lowest BCUT2D eigenvalue weighted by molar-refractivity contribution is 0.0299. The Hall–Kier alpha value is -1.75. The molecular formula is C16H24N2O3. The molecule has 1 heterocycles. The Bertz CT molecular complexity index is 496. The summed E-state index contributed by atoms with van der Waals surface area (Å²) < 4.78 is 10.5. The average Bonchev–Trinajstić information content (AvgIpc) is 2.47. The van der Waals surface area contributed by atoms with Crippen LogP contribution in [0.1, 0.15) is 37.0 Å². The number of nitrogens with two attached hydrogens (primary N) is 1. The predicted octanol–water partition coefficient (Wildman–Crippen LogP) is 2.67. The highest BCUT2D eigenvalue weighted by molar-refractivity contribution is 5.98. The molecule has 0 bridgehead atoms. The molecular weight excluding hydrogens is 268 g/mol. The molecule has 5 nitrogen and oxygen atoms in total. The zero-order valence-electron chi connectivity index (χ0n) is 12.8. The van der Waals surface area contributed by atoms with Crippen molar-refractivity contribution in [2.75, 3.05) is 37.4 Å². The van der Waals surface area contributed by atoms with Gasteiger partial charge in [0.15, 0.2) is 0 Å². The normalized spacial score (nSPS) is 17.2. The van der Waals surface area contributed by atoms with Crippen LogP contribution < -0.4 is 11.1 Å². The van der Waals surface area contributed by atoms with Crippen molar-refractivity contribution in [1.82, 2.24) is 0 Å². The van der Waals surface area contributed by atoms with Gasteiger partial charge in [0.2, 0.25) is 0 Å². The third-order valence-corrected chi connectivity index (χ3v) is 3.98. The van der Waals surface area contributed by atoms with E-state index >= 15 is 0 Å². The van der Waals surface area contributed by atoms with Crippen molar-refractivity contribution in [1.29, 1.82) is 0 Å². The minimum atomic E-state index is -0.343. The maximum Gasteiger partial charge on any atom is 0.340 e. The number of para-hydroxylation sites is 1. The van der Waals surface area contributed by atoms with Gasteiger partial charge in [-0.1, -0.05) is 13.0 Å². The van der Waals surface area contributed by atoms with Crippen LogP contribution >= 0.6 is 0 Å². The Morgan fingerprint density at radius 3 is 2.81 bits per heavy atom. The van der Waals surface area contributed by atoms with Crippen LogP contribution in [0.4, 0.5) is 11.4 Å². The highest BCUT2D eigenvalue weighted by Gasteiger charge is 2.28. The molecule has 1 aliphatic heterocycles. The molecule has 0 saturated carbocycles. The Labute approximate surface area is 125 Å². The quantitative estimate of drug-likeness (QED) is 0.645. The van der Waals surface area contributed by atoms with E-state index in [1.165, 1.54) is 0 Å². The van der Waals surface area contributed by atoms with E-state index in [4.69, 9.17) is 15.2 Å². The molecule has 0 aliphatic carbocycles. The second-order valence-corrected chi connectivity index (χ2v) is 5.77. The molecule has 3 N–H and O–H groups in total. The molecule has 2 rings (SSSR count). The van der Waals surface area contributed by atoms with E-state index in [0.29, 0.717) is 23.5 Å². The Balaban J connectivity index is 2.13. The maximum atomic E-state index is 12.0. The summed E-state index contributed by atoms with van der Waals surface area (Å²) in [6, 6.07) is 5.29. The molecule has 0 atom stereocenters. The van der Waals surface area contributed by atoms with Crippen molar-refractivity contribution in [3.63, 3.8) is 0 Å². The van der Waals surface area contributed by atoms with Crippen LogP contribution in [0.25, 0.3) is 0 Å². The zero-order chi connectivity index (χ0) is 15.3. The largest absolute Gasteiger partial charge is 0.462 e. The molecule has 116 valence electrons. The van der Waals surface area contributed by atoms with Gasteiger partial charge < -0.3 is 20.5 Å². The Kier molecular flexibility index (Phi) is 5.07. The van der Waals surface area contributed by atoms with E-state index in [0.717, 1.165) is 32.6 Å². The van der Waals surface area contributed by atoms with Gasteiger partial charge >= 0.3 is 5.97 Å². The number of nitrogens with one attached hydrogen (secondary N) is 1. The van der Waals surface area contributed by atoms with Crippen LogP contribution in [-0.4, -0.2) is 32.3 Å². The molecule has 0 spiro atoms. The van der Waals surface area contributed by atoms with Gasteiger partial charge in [-0.3, -0.25) is 0 Å². The molecule has 1 aromatic carbocycles. The Morgan fingerprint density at radius 2 is 2.14 bits per heavy atom. The van der Waals surface area contributed by atoms with E-state index in [9.17, 15) is 4.79 Å². The van der Waals surface area contributed by atoms with E-state index in [2.05, 4.69) is 12.2 Å². The SMILES string of the molecule is CCOC(=O)c1cccc(N)c1NCC1(C)CCOCC1. The smallest absolute Gasteiger partial charge is 0.340 e. The van der Waals surface area contributed by atoms with Crippen molar-refractivity contribution >= 4 is 17.3 Å². The number of carbonyl (C=O) groups is 1. The van der Waals surface area contributed by atoms with E-state index in [1.807, 2.05) is 0 Å². The van der Waals surface area contributed by atoms with Gasteiger partial charge in [-0.15, -0.1) is 0 Å². The fourth-order valence-corrected chi connectivity index (χ4v) is 2.49. The van der Waals surface area contributed by atoms with Gasteiger partial charge in [-0.2, -0.15) is 0 Å². The van der Waals surface area contributed by atoms with Crippen molar-refractivity contribution in [2.24, 2.45) is 5.41 Å². The summed E-state index contributed by atoms with van der Waals surface area (Å²) in [5, 5.41) is 3.35. The fourth-order valence-electron chi connectivity index (χ4n) is 2.49. The third-order valence-electron chi connectivity index (χ3n) is 3.98. The molecule has 0 amide bonds. The van der Waals surface area contributed by atoms with Gasteiger partial charge in [-0.25, -0.2) is 4.79 Å². The summed E-state index contributed by atoms with van der Waals surface area (Å²) in [5.74, 6) is -0.343. The van der Waals surface area contributed by atoms with Crippen molar-refractivity contribution < 1.29 is 14.3 Å². The maximum absolute atomic E-state index is 12.0. The van der Waals surface area contributed by atoms with Gasteiger partial charge in [-0.05, 0) is 37.3 Å². The minimum Gasteiger partial charge on any atom is -0.462 e. The summed E-state index contributed by atoms with van der Waals surface area (Å²) in [4.78, 5) is 12.0. The number of hydrogen-bond acceptors (Lipinski definition) is 5. The van der Waals surface area contributed by atoms with Crippen LogP contribution in [0.15, 0.2) is 18.2 Å². The van der Waals surface area contributed by atoms with Crippen molar-refractivity contribution in [3.8, 4) is 0 Å². The van der Waals surface area contributed by atoms with Crippen LogP contribution in [0.5, 0.6) is 0 Å². The monoisotopic (exact) mass is 292 g/mol. The molecule has 5 heteroatoms. The Morgan fingerprint density at radius 1 is 1.43 bits per heavy atom. The first-order valence-electron chi connectivity index (χ1n) is 7.43. The number of ether oxygens (including phenoxy) is 2. The van der Waals surface area contributed by atoms with E-state index in [-0.39, 0.29) is 11.4 Å². The van der Waals surface area contributed by atoms with Crippen LogP contribution in [0.3, 0.4) is 0 Å². The second-order valence-electron chi connectivity index (χ2n) is 5.77. The van der Waals surface area contributed by atoms with Gasteiger partial charge in [0.25, 0.3) is 0 Å². The molecule has 21 heavy (non-hydrogen) atoms. The molecule has 1 fully saturated rings. The number of anilines is 2. The third kappa shape index (κ3) is 3.88. The lowest BCUT2D eigenvalue weighted by Gasteiger charge is -2.34. The van der Waals surface area contributed by atoms with E-state index in [1.54, 1.807) is 25.1 Å². The number of esters is 1. The summed E-state index contributed by atoms with van der Waals surface area (Å²) >= 11 is 0. The van der Waals surface area contributed by atoms with E-state index < -0.39 is 0 Å². The molecule has 1 aliphatic rings. The zero-order valence-corrected chi connectivity index (χ0v) is 12.8. The molecule has 0 radical (unpaired) electrons. The lowest BCUT2D eigenvalue weighted by Crippen LogP contribution is -2.33. The summed E-state index contributed by atoms with van der Waals surface area (Å²) in [6.45, 7) is 6.70. The predicted molar refractivity (Wildman–Crippen MR) is 83.5 cm³/mol. The first-order valence-corrected chi connectivity index (χ1v) is 7.43. The van der Waals surface area contributed by atoms with Gasteiger partial charge in [0.05, 0.1) is 23.5 Å². The molecule has 0 unspecified atom stereocenters. The van der Waals surface area contributed by atoms with Crippen molar-refractivity contribution in [2.45, 2.75) is 26.7 Å². The summed E-state index contributed by atoms with van der Waals surface area (Å²) in [5.41, 5.74) is 7.91. The minimum absolute atomic E-state index is 0.159. The average molecular weight is 292 g/mol. The number of nitrogen functional groups attached to an aromatic ring is 1. The highest BCUT2D eigenvalue weighted by Crippen LogP contribution is 2.32.